The van der Waals surface area contributed by atoms with Crippen molar-refractivity contribution >= 4 is 35.4 Å². The Kier molecular flexibility index (Phi) is 26.5. The number of hydrogen-bond acceptors (Lipinski definition) is 23. The van der Waals surface area contributed by atoms with Crippen molar-refractivity contribution in [3.05, 3.63) is 28.4 Å². The van der Waals surface area contributed by atoms with Gasteiger partial charge in [0.2, 0.25) is 0 Å². The molecule has 87 heavy (non-hydrogen) atoms. The number of ether oxygens (including phenoxy) is 11. The third-order valence-corrected chi connectivity index (χ3v) is 17.6. The fraction of sp³-hybridized carbons (Fsp3) is 0.836. The number of carbonyl (C=O) groups is 5. The van der Waals surface area contributed by atoms with Crippen LogP contribution in [0.5, 0.6) is 0 Å². The summed E-state index contributed by atoms with van der Waals surface area (Å²) < 4.78 is 68.6. The van der Waals surface area contributed by atoms with Crippen molar-refractivity contribution in [1.29, 1.82) is 0 Å². The molecule has 5 aliphatic rings. The summed E-state index contributed by atoms with van der Waals surface area (Å²) in [5.74, 6) is -7.77. The number of nitrogens with zero attached hydrogens (tertiary/aromatic N) is 3. The first-order chi connectivity index (χ1) is 41.1. The van der Waals surface area contributed by atoms with E-state index in [1.165, 1.54) is 28.3 Å². The van der Waals surface area contributed by atoms with Gasteiger partial charge in [0.15, 0.2) is 30.3 Å². The number of oxime groups is 1. The number of rotatable bonds is 21. The Morgan fingerprint density at radius 3 is 2.16 bits per heavy atom. The Hall–Kier alpha value is -4.74. The van der Waals surface area contributed by atoms with E-state index in [-0.39, 0.29) is 69.0 Å². The van der Waals surface area contributed by atoms with Crippen molar-refractivity contribution in [2.45, 2.75) is 226 Å². The lowest BCUT2D eigenvalue weighted by Gasteiger charge is -2.43. The van der Waals surface area contributed by atoms with Crippen LogP contribution < -0.4 is 16.2 Å². The van der Waals surface area contributed by atoms with Crippen LogP contribution >= 0.6 is 0 Å². The Labute approximate surface area is 511 Å². The van der Waals surface area contributed by atoms with Gasteiger partial charge < -0.3 is 82.8 Å². The molecule has 0 bridgehead atoms. The number of Topliss-reactive ketones (excluding diaryl/α,β-unsaturated/α-hetero) is 1. The summed E-state index contributed by atoms with van der Waals surface area (Å²) in [5.41, 5.74) is -2.05. The van der Waals surface area contributed by atoms with Gasteiger partial charge in [0.1, 0.15) is 48.9 Å². The number of esters is 2. The molecule has 0 radical (unpaired) electrons. The number of carbonyl (C=O) groups excluding carboxylic acids is 5. The summed E-state index contributed by atoms with van der Waals surface area (Å²) in [7, 11) is 4.34. The third-order valence-electron chi connectivity index (χ3n) is 17.6. The van der Waals surface area contributed by atoms with Crippen LogP contribution in [-0.2, 0) is 71.3 Å². The lowest BCUT2D eigenvalue weighted by Crippen LogP contribution is -2.59. The Morgan fingerprint density at radius 2 is 1.53 bits per heavy atom. The van der Waals surface area contributed by atoms with Crippen molar-refractivity contribution in [3.63, 3.8) is 0 Å². The van der Waals surface area contributed by atoms with E-state index in [2.05, 4.69) is 37.6 Å². The van der Waals surface area contributed by atoms with E-state index in [0.29, 0.717) is 31.1 Å². The molecule has 1 aliphatic carbocycles. The summed E-state index contributed by atoms with van der Waals surface area (Å²) in [5, 5.41) is 31.8. The van der Waals surface area contributed by atoms with Gasteiger partial charge >= 0.3 is 18.0 Å². The summed E-state index contributed by atoms with van der Waals surface area (Å²) in [6.45, 7) is 23.9. The largest absolute Gasteiger partial charge is 0.461 e. The lowest BCUT2D eigenvalue weighted by molar-refractivity contribution is -0.305. The number of alkyl carbamates (subject to hydrolysis) is 1. The lowest BCUT2D eigenvalue weighted by atomic mass is 9.75. The van der Waals surface area contributed by atoms with Crippen molar-refractivity contribution in [2.24, 2.45) is 52.5 Å². The predicted molar refractivity (Wildman–Crippen MR) is 314 cm³/mol. The molecule has 22 atom stereocenters. The second-order valence-electron chi connectivity index (χ2n) is 25.6. The first-order valence-corrected chi connectivity index (χ1v) is 31.0. The summed E-state index contributed by atoms with van der Waals surface area (Å²) in [6.07, 6.45) is -7.74. The summed E-state index contributed by atoms with van der Waals surface area (Å²) in [6, 6.07) is 0.143. The highest BCUT2D eigenvalue weighted by atomic mass is 16.7. The summed E-state index contributed by atoms with van der Waals surface area (Å²) >= 11 is 0. The first-order valence-electron chi connectivity index (χ1n) is 31.0. The molecule has 5 N–H and O–H groups in total. The highest BCUT2D eigenvalue weighted by Gasteiger charge is 2.52. The minimum Gasteiger partial charge on any atom is -0.461 e. The molecule has 5 heterocycles. The number of cyclic esters (lactones) is 1. The van der Waals surface area contributed by atoms with Crippen molar-refractivity contribution in [3.8, 4) is 0 Å². The van der Waals surface area contributed by atoms with Crippen LogP contribution in [0.4, 0.5) is 4.79 Å². The number of aliphatic hydroxyl groups is 2. The van der Waals surface area contributed by atoms with Crippen LogP contribution in [0.2, 0.25) is 0 Å². The molecule has 6 rings (SSSR count). The topological polar surface area (TPSA) is 322 Å². The SMILES string of the molecule is CO[C@@H]1O[C@H](C)C/C(=N\OCC2[C@H](O[C@H]3[C@H](C)C[C@@H](C)C[C@](C)(OC(=O)NCCNC(=O)c4c[nH]c(=O)cn4)C(=O)[C@H](C)[C@H](OC(=O)CC(C)C)[C@@H](C)C([C@@H](C)CO[C@@H]4O[C@H](C)[C@@H](O)[C@@H](OC)[C@H]4OC)OC(=O)[C@@H]3C)OC(C)CN(C3CC3)[C@@H]2C)[C@H]1O. The van der Waals surface area contributed by atoms with Crippen molar-refractivity contribution < 1.29 is 91.1 Å². The number of hydrogen-bond donors (Lipinski definition) is 5. The second-order valence-corrected chi connectivity index (χ2v) is 25.6. The Balaban J connectivity index is 1.39. The number of H-pyrrole nitrogens is 1. The van der Waals surface area contributed by atoms with Crippen molar-refractivity contribution in [2.75, 3.05) is 54.2 Å². The number of aromatic amines is 1. The molecular weight excluding hydrogens is 1140 g/mol. The van der Waals surface area contributed by atoms with Crippen LogP contribution in [0.1, 0.15) is 139 Å². The van der Waals surface area contributed by atoms with E-state index in [9.17, 15) is 29.4 Å². The molecule has 0 aromatic carbocycles. The fourth-order valence-corrected chi connectivity index (χ4v) is 12.8. The number of amides is 2. The number of aromatic nitrogens is 2. The van der Waals surface area contributed by atoms with Gasteiger partial charge in [0.25, 0.3) is 11.5 Å². The van der Waals surface area contributed by atoms with Gasteiger partial charge in [0, 0.05) is 83.9 Å². The number of methoxy groups -OCH3 is 3. The molecular formula is C61H100N6O20. The van der Waals surface area contributed by atoms with Gasteiger partial charge in [-0.05, 0) is 85.0 Å². The first kappa shape index (κ1) is 71.3. The predicted octanol–water partition coefficient (Wildman–Crippen LogP) is 4.30. The van der Waals surface area contributed by atoms with Gasteiger partial charge in [-0.1, -0.05) is 53.6 Å². The maximum absolute atomic E-state index is 15.6. The maximum Gasteiger partial charge on any atom is 0.408 e. The maximum atomic E-state index is 15.6. The average Bonchev–Trinajstić information content (AvgIpc) is 2.20. The molecule has 4 saturated heterocycles. The zero-order valence-corrected chi connectivity index (χ0v) is 53.8. The number of aliphatic hydroxyl groups excluding tert-OH is 2. The van der Waals surface area contributed by atoms with Gasteiger partial charge in [0.05, 0.1) is 60.7 Å². The van der Waals surface area contributed by atoms with Gasteiger partial charge in [-0.15, -0.1) is 0 Å². The molecule has 26 nitrogen and oxygen atoms in total. The molecule has 1 aromatic rings. The minimum atomic E-state index is -1.88. The molecule has 26 heteroatoms. The molecule has 4 aliphatic heterocycles. The number of ketones is 1. The van der Waals surface area contributed by atoms with Gasteiger partial charge in [-0.3, -0.25) is 28.9 Å². The third kappa shape index (κ3) is 18.9. The fourth-order valence-electron chi connectivity index (χ4n) is 12.8. The number of nitrogens with one attached hydrogen (secondary N) is 3. The van der Waals surface area contributed by atoms with E-state index < -0.39 is 150 Å². The van der Waals surface area contributed by atoms with Crippen LogP contribution in [-0.4, -0.2) is 212 Å². The zero-order valence-electron chi connectivity index (χ0n) is 53.8. The molecule has 2 amide bonds. The normalized spacial score (nSPS) is 37.7. The highest BCUT2D eigenvalue weighted by Crippen LogP contribution is 2.41. The van der Waals surface area contributed by atoms with Crippen LogP contribution in [0.25, 0.3) is 0 Å². The van der Waals surface area contributed by atoms with Gasteiger partial charge in [-0.25, -0.2) is 9.78 Å². The second kappa shape index (κ2) is 32.3. The van der Waals surface area contributed by atoms with Crippen molar-refractivity contribution in [1.82, 2.24) is 25.5 Å². The Morgan fingerprint density at radius 1 is 0.851 bits per heavy atom. The van der Waals surface area contributed by atoms with E-state index in [4.69, 9.17) is 56.9 Å². The monoisotopic (exact) mass is 1240 g/mol. The smallest absolute Gasteiger partial charge is 0.408 e. The molecule has 1 aromatic heterocycles. The van der Waals surface area contributed by atoms with E-state index >= 15 is 9.59 Å². The van der Waals surface area contributed by atoms with Gasteiger partial charge in [-0.2, -0.15) is 0 Å². The summed E-state index contributed by atoms with van der Waals surface area (Å²) in [4.78, 5) is 98.1. The van der Waals surface area contributed by atoms with Crippen LogP contribution in [0.15, 0.2) is 22.3 Å². The molecule has 3 unspecified atom stereocenters. The van der Waals surface area contributed by atoms with Crippen LogP contribution in [0.3, 0.4) is 0 Å². The van der Waals surface area contributed by atoms with Crippen LogP contribution in [0, 0.1) is 47.3 Å². The molecule has 5 fully saturated rings. The Bertz CT molecular complexity index is 2480. The van der Waals surface area contributed by atoms with E-state index in [1.54, 1.807) is 34.6 Å². The minimum absolute atomic E-state index is 0.00341. The zero-order chi connectivity index (χ0) is 64.2. The molecule has 0 spiro atoms. The van der Waals surface area contributed by atoms with E-state index in [0.717, 1.165) is 25.2 Å². The highest BCUT2D eigenvalue weighted by molar-refractivity contribution is 5.92. The molecule has 1 saturated carbocycles. The van der Waals surface area contributed by atoms with E-state index in [1.807, 2.05) is 41.5 Å². The average molecular weight is 1240 g/mol. The molecule has 494 valence electrons. The standard InChI is InChI=1S/C61H100N6O20/c1-30(2)21-46(69)84-51-36(8)50(33(5)28-79-59-53(77-15)52(76-14)47(70)40(12)83-59)85-56(74)38(10)49(86-57-42(39(11)67(41-17-18-41)27-35(7)82-57)29-80-66-43-23-34(6)81-58(78-16)48(43)71)32(4)22-31(3)24-61(13,54(72)37(51)9)87-60(75)63-20-19-62-55(73)44-25-65-45(68)26-64-44/h25-26,30-42,47-53,57-59,70-71H,17-24,27-29H2,1-16H3,(H,62,73)(H,63,75)(H,65,68)/b66-43+/t31-,32-,33+,34-,35?,36+,37-,38-,39-,40-,42?,47-,48-,49+,50?,51-,52-,53-,57+,58-,59-,61+/m1/s1. The quantitative estimate of drug-likeness (QED) is 0.0496.